The van der Waals surface area contributed by atoms with Gasteiger partial charge in [-0.3, -0.25) is 4.68 Å². The van der Waals surface area contributed by atoms with E-state index in [0.29, 0.717) is 11.3 Å². The highest BCUT2D eigenvalue weighted by Gasteiger charge is 2.39. The van der Waals surface area contributed by atoms with Gasteiger partial charge in [-0.15, -0.1) is 0 Å². The van der Waals surface area contributed by atoms with E-state index < -0.39 is 0 Å². The topological polar surface area (TPSA) is 29.9 Å². The molecule has 2 atom stereocenters. The summed E-state index contributed by atoms with van der Waals surface area (Å²) in [6, 6.07) is 2.23. The Morgan fingerprint density at radius 2 is 2.40 bits per heavy atom. The van der Waals surface area contributed by atoms with E-state index in [4.69, 9.17) is 0 Å². The van der Waals surface area contributed by atoms with E-state index in [2.05, 4.69) is 37.3 Å². The first-order valence-electron chi connectivity index (χ1n) is 5.78. The molecular weight excluding hydrogens is 186 g/mol. The molecule has 0 spiro atoms. The molecular formula is C12H21N3. The van der Waals surface area contributed by atoms with Gasteiger partial charge < -0.3 is 5.32 Å². The van der Waals surface area contributed by atoms with Gasteiger partial charge in [0, 0.05) is 31.7 Å². The quantitative estimate of drug-likeness (QED) is 0.802. The van der Waals surface area contributed by atoms with Crippen LogP contribution in [0.15, 0.2) is 6.07 Å². The predicted octanol–water partition coefficient (Wildman–Crippen LogP) is 1.83. The Bertz CT molecular complexity index is 336. The van der Waals surface area contributed by atoms with Gasteiger partial charge >= 0.3 is 0 Å². The molecule has 3 nitrogen and oxygen atoms in total. The molecule has 1 aromatic rings. The van der Waals surface area contributed by atoms with Gasteiger partial charge in [0.1, 0.15) is 0 Å². The lowest BCUT2D eigenvalue weighted by atomic mass is 9.76. The lowest BCUT2D eigenvalue weighted by Gasteiger charge is -2.27. The van der Waals surface area contributed by atoms with Crippen molar-refractivity contribution in [1.82, 2.24) is 15.1 Å². The number of nitrogens with one attached hydrogen (secondary N) is 1. The summed E-state index contributed by atoms with van der Waals surface area (Å²) in [6.07, 6.45) is 1.21. The van der Waals surface area contributed by atoms with Crippen molar-refractivity contribution in [3.05, 3.63) is 17.5 Å². The van der Waals surface area contributed by atoms with E-state index in [1.165, 1.54) is 17.8 Å². The summed E-state index contributed by atoms with van der Waals surface area (Å²) in [5.74, 6) is 0.572. The van der Waals surface area contributed by atoms with E-state index in [1.54, 1.807) is 0 Å². The van der Waals surface area contributed by atoms with Crippen molar-refractivity contribution >= 4 is 0 Å². The molecule has 0 aromatic carbocycles. The maximum Gasteiger partial charge on any atom is 0.0676 e. The molecule has 1 aliphatic rings. The molecule has 1 aromatic heterocycles. The fraction of sp³-hybridized carbons (Fsp3) is 0.750. The summed E-state index contributed by atoms with van der Waals surface area (Å²) >= 11 is 0. The summed E-state index contributed by atoms with van der Waals surface area (Å²) in [5.41, 5.74) is 2.88. The van der Waals surface area contributed by atoms with Crippen LogP contribution < -0.4 is 5.32 Å². The second kappa shape index (κ2) is 3.63. The Hall–Kier alpha value is -0.830. The van der Waals surface area contributed by atoms with Crippen LogP contribution >= 0.6 is 0 Å². The van der Waals surface area contributed by atoms with E-state index in [-0.39, 0.29) is 0 Å². The van der Waals surface area contributed by atoms with E-state index in [0.717, 1.165) is 13.1 Å². The number of aryl methyl sites for hydroxylation is 2. The summed E-state index contributed by atoms with van der Waals surface area (Å²) in [6.45, 7) is 8.93. The summed E-state index contributed by atoms with van der Waals surface area (Å²) in [5, 5.41) is 8.10. The smallest absolute Gasteiger partial charge is 0.0676 e. The molecule has 0 aliphatic carbocycles. The molecule has 2 rings (SSSR count). The third-order valence-corrected chi connectivity index (χ3v) is 4.02. The Labute approximate surface area is 91.9 Å². The molecule has 1 aliphatic heterocycles. The molecule has 1 fully saturated rings. The van der Waals surface area contributed by atoms with Gasteiger partial charge in [-0.25, -0.2) is 0 Å². The van der Waals surface area contributed by atoms with Crippen molar-refractivity contribution in [2.75, 3.05) is 13.1 Å². The van der Waals surface area contributed by atoms with Gasteiger partial charge in [-0.1, -0.05) is 13.8 Å². The Kier molecular flexibility index (Phi) is 2.59. The number of hydrogen-bond donors (Lipinski definition) is 1. The van der Waals surface area contributed by atoms with Crippen LogP contribution in [0.5, 0.6) is 0 Å². The first kappa shape index (κ1) is 10.7. The molecule has 0 amide bonds. The van der Waals surface area contributed by atoms with E-state index in [9.17, 15) is 0 Å². The molecule has 84 valence electrons. The summed E-state index contributed by atoms with van der Waals surface area (Å²) in [4.78, 5) is 0. The summed E-state index contributed by atoms with van der Waals surface area (Å²) < 4.78 is 1.98. The van der Waals surface area contributed by atoms with Crippen LogP contribution in [0.25, 0.3) is 0 Å². The molecule has 3 heteroatoms. The fourth-order valence-corrected chi connectivity index (χ4v) is 2.46. The van der Waals surface area contributed by atoms with Crippen molar-refractivity contribution in [3.63, 3.8) is 0 Å². The predicted molar refractivity (Wildman–Crippen MR) is 62.0 cm³/mol. The Balaban J connectivity index is 2.30. The second-order valence-electron chi connectivity index (χ2n) is 5.03. The van der Waals surface area contributed by atoms with Crippen LogP contribution in [0.1, 0.15) is 37.6 Å². The standard InChI is InChI=1S/C12H21N3/c1-5-12(3)8-13-7-10(12)11-6-9(2)15(4)14-11/h6,10,13H,5,7-8H2,1-4H3. The minimum atomic E-state index is 0.376. The van der Waals surface area contributed by atoms with Gasteiger partial charge in [0.25, 0.3) is 0 Å². The van der Waals surface area contributed by atoms with Gasteiger partial charge in [-0.2, -0.15) is 5.10 Å². The maximum atomic E-state index is 4.61. The average molecular weight is 207 g/mol. The van der Waals surface area contributed by atoms with Crippen molar-refractivity contribution in [1.29, 1.82) is 0 Å². The lowest BCUT2D eigenvalue weighted by molar-refractivity contribution is 0.303. The second-order valence-corrected chi connectivity index (χ2v) is 5.03. The van der Waals surface area contributed by atoms with Crippen LogP contribution in [0, 0.1) is 12.3 Å². The highest BCUT2D eigenvalue weighted by molar-refractivity contribution is 5.19. The van der Waals surface area contributed by atoms with Gasteiger partial charge in [0.05, 0.1) is 5.69 Å². The molecule has 2 unspecified atom stereocenters. The normalized spacial score (nSPS) is 31.1. The van der Waals surface area contributed by atoms with Gasteiger partial charge in [-0.05, 0) is 24.8 Å². The largest absolute Gasteiger partial charge is 0.315 e. The molecule has 0 saturated carbocycles. The SMILES string of the molecule is CCC1(C)CNCC1c1cc(C)n(C)n1. The number of hydrogen-bond acceptors (Lipinski definition) is 2. The molecule has 1 N–H and O–H groups in total. The maximum absolute atomic E-state index is 4.61. The van der Waals surface area contributed by atoms with Crippen LogP contribution in [0.2, 0.25) is 0 Å². The van der Waals surface area contributed by atoms with E-state index in [1.807, 2.05) is 11.7 Å². The van der Waals surface area contributed by atoms with Crippen LogP contribution in [0.4, 0.5) is 0 Å². The van der Waals surface area contributed by atoms with Gasteiger partial charge in [0.15, 0.2) is 0 Å². The van der Waals surface area contributed by atoms with Crippen molar-refractivity contribution < 1.29 is 0 Å². The molecule has 15 heavy (non-hydrogen) atoms. The van der Waals surface area contributed by atoms with Crippen molar-refractivity contribution in [2.45, 2.75) is 33.1 Å². The first-order chi connectivity index (χ1) is 7.07. The zero-order valence-electron chi connectivity index (χ0n) is 10.2. The monoisotopic (exact) mass is 207 g/mol. The highest BCUT2D eigenvalue weighted by Crippen LogP contribution is 2.40. The zero-order valence-corrected chi connectivity index (χ0v) is 10.2. The Morgan fingerprint density at radius 1 is 1.67 bits per heavy atom. The first-order valence-corrected chi connectivity index (χ1v) is 5.78. The molecule has 2 heterocycles. The lowest BCUT2D eigenvalue weighted by Crippen LogP contribution is -2.24. The third kappa shape index (κ3) is 1.69. The van der Waals surface area contributed by atoms with Crippen LogP contribution in [0.3, 0.4) is 0 Å². The Morgan fingerprint density at radius 3 is 2.93 bits per heavy atom. The van der Waals surface area contributed by atoms with Crippen LogP contribution in [-0.4, -0.2) is 22.9 Å². The molecule has 0 bridgehead atoms. The number of nitrogens with zero attached hydrogens (tertiary/aromatic N) is 2. The van der Waals surface area contributed by atoms with Crippen molar-refractivity contribution in [3.8, 4) is 0 Å². The fourth-order valence-electron chi connectivity index (χ4n) is 2.46. The van der Waals surface area contributed by atoms with Crippen LogP contribution in [-0.2, 0) is 7.05 Å². The zero-order chi connectivity index (χ0) is 11.1. The average Bonchev–Trinajstić information content (AvgIpc) is 2.73. The van der Waals surface area contributed by atoms with Crippen molar-refractivity contribution in [2.24, 2.45) is 12.5 Å². The minimum absolute atomic E-state index is 0.376. The highest BCUT2D eigenvalue weighted by atomic mass is 15.3. The minimum Gasteiger partial charge on any atom is -0.315 e. The molecule has 0 radical (unpaired) electrons. The number of aromatic nitrogens is 2. The number of rotatable bonds is 2. The van der Waals surface area contributed by atoms with Gasteiger partial charge in [0.2, 0.25) is 0 Å². The summed E-state index contributed by atoms with van der Waals surface area (Å²) in [7, 11) is 2.02. The molecule has 1 saturated heterocycles. The van der Waals surface area contributed by atoms with E-state index >= 15 is 0 Å². The third-order valence-electron chi connectivity index (χ3n) is 4.02.